The van der Waals surface area contributed by atoms with Crippen molar-refractivity contribution in [2.75, 3.05) is 56.2 Å². The van der Waals surface area contributed by atoms with Crippen LogP contribution in [0.4, 0.5) is 0 Å². The lowest BCUT2D eigenvalue weighted by Crippen LogP contribution is -2.35. The first-order chi connectivity index (χ1) is 37.9. The van der Waals surface area contributed by atoms with Crippen LogP contribution in [0.1, 0.15) is 112 Å². The number of Topliss-reactive ketones (excluding diaryl/α,β-unsaturated/α-hetero) is 2. The molecule has 0 heterocycles. The SMILES string of the molecule is COCOc1ccc2c3c(ccc(OC)c13)[C@]1(C=CC(=O)c3c(OC)cccc31)[C@@H]2c1ccccc1C(C)=O.COCOc1ccc2c3c(ccc(OC)c13)[C@]1(C=CC(=O)c3c(OC)cccc31)[C@@H]2c1ccccc1C(C)=O. The average molecular weight is 1040 g/mol. The average Bonchev–Trinajstić information content (AvgIpc) is 3.66. The maximum atomic E-state index is 13.3. The Labute approximate surface area is 451 Å². The molecule has 12 rings (SSSR count). The van der Waals surface area contributed by atoms with Gasteiger partial charge in [0.15, 0.2) is 36.7 Å². The van der Waals surface area contributed by atoms with Gasteiger partial charge in [-0.2, -0.15) is 0 Å². The Morgan fingerprint density at radius 3 is 1.15 bits per heavy atom. The number of hydrogen-bond acceptors (Lipinski definition) is 12. The van der Waals surface area contributed by atoms with Crippen LogP contribution in [-0.4, -0.2) is 79.4 Å². The third-order valence-electron chi connectivity index (χ3n) is 15.9. The topological polar surface area (TPSA) is 142 Å². The fourth-order valence-electron chi connectivity index (χ4n) is 13.0. The molecule has 0 saturated heterocycles. The lowest BCUT2D eigenvalue weighted by Gasteiger charge is -2.39. The fraction of sp³-hybridized carbons (Fsp3) is 0.212. The van der Waals surface area contributed by atoms with Gasteiger partial charge < -0.3 is 37.9 Å². The zero-order valence-corrected chi connectivity index (χ0v) is 44.5. The van der Waals surface area contributed by atoms with Crippen LogP contribution in [0.2, 0.25) is 0 Å². The molecule has 0 amide bonds. The van der Waals surface area contributed by atoms with Crippen molar-refractivity contribution in [3.63, 3.8) is 0 Å². The van der Waals surface area contributed by atoms with E-state index < -0.39 is 10.8 Å². The second-order valence-electron chi connectivity index (χ2n) is 19.6. The molecule has 0 aromatic heterocycles. The number of carbonyl (C=O) groups is 4. The lowest BCUT2D eigenvalue weighted by molar-refractivity contribution is 0.0520. The van der Waals surface area contributed by atoms with E-state index in [0.29, 0.717) is 56.8 Å². The summed E-state index contributed by atoms with van der Waals surface area (Å²) in [6.07, 6.45) is 7.27. The van der Waals surface area contributed by atoms with Crippen molar-refractivity contribution < 1.29 is 57.1 Å². The standard InChI is InChI=1S/2C33H28O6/c2*1-19(34)20-8-5-6-9-21(20)32-22-12-14-28(39-18-36-2)31-27(38-4)15-13-24(29(22)31)33(32)17-16-25(35)30-23(33)10-7-11-26(30)37-3/h2*5-17,32H,18H2,1-4H3/t2*32-,33-/m11/s1. The van der Waals surface area contributed by atoms with Gasteiger partial charge in [0, 0.05) is 37.2 Å². The third-order valence-corrected chi connectivity index (χ3v) is 15.9. The highest BCUT2D eigenvalue weighted by molar-refractivity contribution is 6.13. The smallest absolute Gasteiger partial charge is 0.189 e. The summed E-state index contributed by atoms with van der Waals surface area (Å²) in [5.41, 5.74) is 8.23. The predicted octanol–water partition coefficient (Wildman–Crippen LogP) is 12.5. The molecule has 4 aliphatic carbocycles. The number of fused-ring (bicyclic) bond motifs is 6. The van der Waals surface area contributed by atoms with E-state index in [1.54, 1.807) is 68.7 Å². The molecule has 4 aliphatic rings. The Morgan fingerprint density at radius 2 is 0.782 bits per heavy atom. The van der Waals surface area contributed by atoms with Crippen LogP contribution in [-0.2, 0) is 20.3 Å². The highest BCUT2D eigenvalue weighted by atomic mass is 16.7. The summed E-state index contributed by atoms with van der Waals surface area (Å²) in [6.45, 7) is 3.34. The second-order valence-corrected chi connectivity index (χ2v) is 19.6. The van der Waals surface area contributed by atoms with Gasteiger partial charge in [0.2, 0.25) is 0 Å². The minimum absolute atomic E-state index is 0.0210. The van der Waals surface area contributed by atoms with Gasteiger partial charge in [-0.05, 0) is 118 Å². The van der Waals surface area contributed by atoms with Gasteiger partial charge in [-0.1, -0.05) is 109 Å². The van der Waals surface area contributed by atoms with Crippen LogP contribution < -0.4 is 28.4 Å². The van der Waals surface area contributed by atoms with Crippen LogP contribution in [0.3, 0.4) is 0 Å². The number of ether oxygens (including phenoxy) is 8. The van der Waals surface area contributed by atoms with E-state index in [9.17, 15) is 19.2 Å². The molecular formula is C66H56O12. The molecule has 0 unspecified atom stereocenters. The maximum absolute atomic E-state index is 13.3. The van der Waals surface area contributed by atoms with E-state index >= 15 is 0 Å². The van der Waals surface area contributed by atoms with Gasteiger partial charge in [-0.25, -0.2) is 0 Å². The lowest BCUT2D eigenvalue weighted by atomic mass is 9.62. The fourth-order valence-corrected chi connectivity index (χ4v) is 13.0. The van der Waals surface area contributed by atoms with E-state index in [4.69, 9.17) is 37.9 Å². The number of benzene rings is 8. The number of hydrogen-bond donors (Lipinski definition) is 0. The van der Waals surface area contributed by atoms with Crippen LogP contribution in [0.5, 0.6) is 34.5 Å². The van der Waals surface area contributed by atoms with Gasteiger partial charge in [0.25, 0.3) is 0 Å². The Hall–Kier alpha value is -8.84. The molecule has 0 bridgehead atoms. The minimum atomic E-state index is -0.796. The van der Waals surface area contributed by atoms with Crippen LogP contribution in [0.15, 0.2) is 158 Å². The van der Waals surface area contributed by atoms with Crippen LogP contribution in [0.25, 0.3) is 21.5 Å². The molecular weight excluding hydrogens is 985 g/mol. The van der Waals surface area contributed by atoms with Gasteiger partial charge in [-0.15, -0.1) is 0 Å². The number of carbonyl (C=O) groups excluding carboxylic acids is 4. The van der Waals surface area contributed by atoms with Crippen molar-refractivity contribution in [1.29, 1.82) is 0 Å². The molecule has 0 saturated carbocycles. The van der Waals surface area contributed by atoms with Crippen molar-refractivity contribution in [3.05, 3.63) is 225 Å². The summed E-state index contributed by atoms with van der Waals surface area (Å²) in [6, 6.07) is 42.8. The van der Waals surface area contributed by atoms with Crippen molar-refractivity contribution in [2.45, 2.75) is 36.5 Å². The Kier molecular flexibility index (Phi) is 13.3. The summed E-state index contributed by atoms with van der Waals surface area (Å²) < 4.78 is 45.4. The zero-order valence-electron chi connectivity index (χ0n) is 44.5. The summed E-state index contributed by atoms with van der Waals surface area (Å²) in [4.78, 5) is 52.5. The van der Waals surface area contributed by atoms with Crippen molar-refractivity contribution in [3.8, 4) is 34.5 Å². The van der Waals surface area contributed by atoms with E-state index in [1.165, 1.54) is 0 Å². The molecule has 0 N–H and O–H groups in total. The number of ketones is 4. The summed E-state index contributed by atoms with van der Waals surface area (Å²) in [5.74, 6) is 2.74. The Bertz CT molecular complexity index is 3620. The third kappa shape index (κ3) is 7.56. The second kappa shape index (κ2) is 20.3. The van der Waals surface area contributed by atoms with Gasteiger partial charge in [-0.3, -0.25) is 19.2 Å². The molecule has 4 atom stereocenters. The van der Waals surface area contributed by atoms with Gasteiger partial charge >= 0.3 is 0 Å². The zero-order chi connectivity index (χ0) is 54.6. The van der Waals surface area contributed by atoms with Gasteiger partial charge in [0.05, 0.1) is 61.2 Å². The predicted molar refractivity (Wildman–Crippen MR) is 297 cm³/mol. The summed E-state index contributed by atoms with van der Waals surface area (Å²) in [7, 11) is 9.58. The highest BCUT2D eigenvalue weighted by Gasteiger charge is 2.54. The molecule has 12 nitrogen and oxygen atoms in total. The summed E-state index contributed by atoms with van der Waals surface area (Å²) >= 11 is 0. The van der Waals surface area contributed by atoms with E-state index in [1.807, 2.05) is 121 Å². The molecule has 392 valence electrons. The van der Waals surface area contributed by atoms with E-state index in [0.717, 1.165) is 66.1 Å². The molecule has 8 aromatic carbocycles. The van der Waals surface area contributed by atoms with Crippen LogP contribution >= 0.6 is 0 Å². The molecule has 78 heavy (non-hydrogen) atoms. The van der Waals surface area contributed by atoms with Crippen molar-refractivity contribution >= 4 is 44.7 Å². The van der Waals surface area contributed by atoms with E-state index in [2.05, 4.69) is 24.3 Å². The first-order valence-corrected chi connectivity index (χ1v) is 25.5. The Morgan fingerprint density at radius 1 is 0.397 bits per heavy atom. The molecule has 0 aliphatic heterocycles. The summed E-state index contributed by atoms with van der Waals surface area (Å²) in [5, 5.41) is 3.58. The van der Waals surface area contributed by atoms with E-state index in [-0.39, 0.29) is 48.6 Å². The molecule has 8 aromatic rings. The molecule has 12 heteroatoms. The minimum Gasteiger partial charge on any atom is -0.496 e. The maximum Gasteiger partial charge on any atom is 0.189 e. The largest absolute Gasteiger partial charge is 0.496 e. The highest BCUT2D eigenvalue weighted by Crippen LogP contribution is 2.64. The number of allylic oxidation sites excluding steroid dienone is 4. The molecule has 0 fully saturated rings. The normalized spacial score (nSPS) is 18.9. The first kappa shape index (κ1) is 51.3. The van der Waals surface area contributed by atoms with Crippen LogP contribution in [0, 0.1) is 0 Å². The monoisotopic (exact) mass is 1040 g/mol. The quantitative estimate of drug-likeness (QED) is 0.0756. The van der Waals surface area contributed by atoms with Crippen molar-refractivity contribution in [1.82, 2.24) is 0 Å². The van der Waals surface area contributed by atoms with Crippen molar-refractivity contribution in [2.24, 2.45) is 0 Å². The molecule has 0 radical (unpaired) electrons. The van der Waals surface area contributed by atoms with Gasteiger partial charge in [0.1, 0.15) is 34.5 Å². The first-order valence-electron chi connectivity index (χ1n) is 25.5. The number of methoxy groups -OCH3 is 6. The molecule has 2 spiro atoms. The Balaban J connectivity index is 0.000000165. The number of rotatable bonds is 14.